The summed E-state index contributed by atoms with van der Waals surface area (Å²) in [7, 11) is 0. The second-order valence-corrected chi connectivity index (χ2v) is 6.87. The van der Waals surface area contributed by atoms with E-state index in [9.17, 15) is 4.79 Å². The van der Waals surface area contributed by atoms with Crippen LogP contribution in [0.25, 0.3) is 0 Å². The summed E-state index contributed by atoms with van der Waals surface area (Å²) in [4.78, 5) is 12.1. The molecule has 1 aromatic carbocycles. The van der Waals surface area contributed by atoms with Gasteiger partial charge in [0.1, 0.15) is 0 Å². The summed E-state index contributed by atoms with van der Waals surface area (Å²) in [6, 6.07) is 8.30. The summed E-state index contributed by atoms with van der Waals surface area (Å²) in [5.74, 6) is -0.0545. The predicted molar refractivity (Wildman–Crippen MR) is 100 cm³/mol. The molecule has 0 fully saturated rings. The number of nitrogens with one attached hydrogen (secondary N) is 1. The number of hydrogen-bond donors (Lipinski definition) is 1. The molecule has 0 bridgehead atoms. The van der Waals surface area contributed by atoms with Crippen LogP contribution in [0.3, 0.4) is 0 Å². The maximum absolute atomic E-state index is 12.1. The Bertz CT molecular complexity index is 883. The van der Waals surface area contributed by atoms with Gasteiger partial charge in [-0.05, 0) is 35.3 Å². The first kappa shape index (κ1) is 17.4. The SMILES string of the molecule is Cc1cccc(Cn2cc(NC(=O)CCn3ncc(Br)c3C)cn2)c1. The third-order valence-corrected chi connectivity index (χ3v) is 4.72. The highest BCUT2D eigenvalue weighted by Crippen LogP contribution is 2.15. The smallest absolute Gasteiger partial charge is 0.226 e. The molecule has 25 heavy (non-hydrogen) atoms. The summed E-state index contributed by atoms with van der Waals surface area (Å²) in [6.07, 6.45) is 5.61. The highest BCUT2D eigenvalue weighted by molar-refractivity contribution is 9.10. The molecule has 0 aliphatic heterocycles. The van der Waals surface area contributed by atoms with Crippen molar-refractivity contribution in [2.75, 3.05) is 5.32 Å². The number of halogens is 1. The van der Waals surface area contributed by atoms with E-state index in [0.29, 0.717) is 25.2 Å². The highest BCUT2D eigenvalue weighted by Gasteiger charge is 2.08. The molecule has 0 aliphatic carbocycles. The van der Waals surface area contributed by atoms with Crippen LogP contribution in [0.15, 0.2) is 47.3 Å². The van der Waals surface area contributed by atoms with Crippen LogP contribution in [0.4, 0.5) is 5.69 Å². The zero-order valence-electron chi connectivity index (χ0n) is 14.2. The molecular formula is C18H20BrN5O. The Morgan fingerprint density at radius 1 is 1.24 bits per heavy atom. The molecule has 3 aromatic rings. The second-order valence-electron chi connectivity index (χ2n) is 6.01. The van der Waals surface area contributed by atoms with Crippen molar-refractivity contribution in [3.8, 4) is 0 Å². The minimum atomic E-state index is -0.0545. The molecule has 6 nitrogen and oxygen atoms in total. The van der Waals surface area contributed by atoms with Crippen LogP contribution in [-0.4, -0.2) is 25.5 Å². The number of hydrogen-bond acceptors (Lipinski definition) is 3. The van der Waals surface area contributed by atoms with E-state index < -0.39 is 0 Å². The second kappa shape index (κ2) is 7.65. The molecular weight excluding hydrogens is 382 g/mol. The van der Waals surface area contributed by atoms with Crippen molar-refractivity contribution >= 4 is 27.5 Å². The Balaban J connectivity index is 1.54. The van der Waals surface area contributed by atoms with Crippen LogP contribution in [-0.2, 0) is 17.9 Å². The van der Waals surface area contributed by atoms with Gasteiger partial charge >= 0.3 is 0 Å². The number of aryl methyl sites for hydroxylation is 2. The van der Waals surface area contributed by atoms with Crippen LogP contribution >= 0.6 is 15.9 Å². The molecule has 0 aliphatic rings. The summed E-state index contributed by atoms with van der Waals surface area (Å²) < 4.78 is 4.58. The fourth-order valence-corrected chi connectivity index (χ4v) is 2.89. The molecule has 1 N–H and O–H groups in total. The fourth-order valence-electron chi connectivity index (χ4n) is 2.59. The number of rotatable bonds is 6. The van der Waals surface area contributed by atoms with E-state index in [1.54, 1.807) is 12.4 Å². The number of carbonyl (C=O) groups is 1. The first-order chi connectivity index (χ1) is 12.0. The third-order valence-electron chi connectivity index (χ3n) is 3.94. The van der Waals surface area contributed by atoms with Crippen molar-refractivity contribution in [1.29, 1.82) is 0 Å². The Morgan fingerprint density at radius 3 is 2.80 bits per heavy atom. The summed E-state index contributed by atoms with van der Waals surface area (Å²) in [5, 5.41) is 11.4. The fraction of sp³-hybridized carbons (Fsp3) is 0.278. The van der Waals surface area contributed by atoms with E-state index in [4.69, 9.17) is 0 Å². The van der Waals surface area contributed by atoms with Gasteiger partial charge in [0.25, 0.3) is 0 Å². The van der Waals surface area contributed by atoms with Crippen molar-refractivity contribution in [2.24, 2.45) is 0 Å². The molecule has 2 aromatic heterocycles. The Hall–Kier alpha value is -2.41. The lowest BCUT2D eigenvalue weighted by molar-refractivity contribution is -0.116. The number of aromatic nitrogens is 4. The number of nitrogens with zero attached hydrogens (tertiary/aromatic N) is 4. The van der Waals surface area contributed by atoms with Gasteiger partial charge in [-0.2, -0.15) is 10.2 Å². The van der Waals surface area contributed by atoms with Gasteiger partial charge in [-0.3, -0.25) is 14.2 Å². The van der Waals surface area contributed by atoms with Crippen LogP contribution < -0.4 is 5.32 Å². The van der Waals surface area contributed by atoms with Gasteiger partial charge in [0.15, 0.2) is 0 Å². The minimum Gasteiger partial charge on any atom is -0.323 e. The largest absolute Gasteiger partial charge is 0.323 e. The number of amides is 1. The topological polar surface area (TPSA) is 64.7 Å². The molecule has 0 unspecified atom stereocenters. The normalized spacial score (nSPS) is 10.8. The van der Waals surface area contributed by atoms with Gasteiger partial charge < -0.3 is 5.32 Å². The molecule has 2 heterocycles. The average molecular weight is 402 g/mol. The quantitative estimate of drug-likeness (QED) is 0.686. The zero-order valence-corrected chi connectivity index (χ0v) is 15.8. The first-order valence-electron chi connectivity index (χ1n) is 8.07. The van der Waals surface area contributed by atoms with Crippen LogP contribution in [0, 0.1) is 13.8 Å². The predicted octanol–water partition coefficient (Wildman–Crippen LogP) is 3.54. The van der Waals surface area contributed by atoms with Crippen molar-refractivity contribution in [3.63, 3.8) is 0 Å². The number of benzene rings is 1. The molecule has 1 amide bonds. The van der Waals surface area contributed by atoms with E-state index in [-0.39, 0.29) is 5.91 Å². The van der Waals surface area contributed by atoms with Crippen molar-refractivity contribution in [2.45, 2.75) is 33.4 Å². The van der Waals surface area contributed by atoms with Gasteiger partial charge in [-0.25, -0.2) is 0 Å². The lowest BCUT2D eigenvalue weighted by Crippen LogP contribution is -2.15. The van der Waals surface area contributed by atoms with Gasteiger partial charge in [0.05, 0.1) is 35.6 Å². The van der Waals surface area contributed by atoms with E-state index in [1.165, 1.54) is 11.1 Å². The summed E-state index contributed by atoms with van der Waals surface area (Å²) in [5.41, 5.74) is 4.12. The molecule has 0 atom stereocenters. The molecule has 0 radical (unpaired) electrons. The van der Waals surface area contributed by atoms with Gasteiger partial charge in [0, 0.05) is 18.3 Å². The Labute approximate surface area is 155 Å². The Morgan fingerprint density at radius 2 is 2.08 bits per heavy atom. The minimum absolute atomic E-state index is 0.0545. The monoisotopic (exact) mass is 401 g/mol. The van der Waals surface area contributed by atoms with Crippen LogP contribution in [0.1, 0.15) is 23.2 Å². The maximum Gasteiger partial charge on any atom is 0.226 e. The maximum atomic E-state index is 12.1. The molecule has 0 saturated heterocycles. The van der Waals surface area contributed by atoms with Crippen LogP contribution in [0.2, 0.25) is 0 Å². The van der Waals surface area contributed by atoms with Gasteiger partial charge in [-0.1, -0.05) is 29.8 Å². The molecule has 3 rings (SSSR count). The molecule has 0 saturated carbocycles. The molecule has 7 heteroatoms. The zero-order chi connectivity index (χ0) is 17.8. The van der Waals surface area contributed by atoms with Crippen molar-refractivity contribution < 1.29 is 4.79 Å². The lowest BCUT2D eigenvalue weighted by atomic mass is 10.1. The van der Waals surface area contributed by atoms with E-state index in [1.807, 2.05) is 28.6 Å². The van der Waals surface area contributed by atoms with Crippen molar-refractivity contribution in [3.05, 3.63) is 64.1 Å². The standard InChI is InChI=1S/C18H20BrN5O/c1-13-4-3-5-15(8-13)11-23-12-16(9-20-23)22-18(25)6-7-24-14(2)17(19)10-21-24/h3-5,8-10,12H,6-7,11H2,1-2H3,(H,22,25). The first-order valence-corrected chi connectivity index (χ1v) is 8.86. The summed E-state index contributed by atoms with van der Waals surface area (Å²) >= 11 is 3.42. The van der Waals surface area contributed by atoms with Gasteiger partial charge in [0.2, 0.25) is 5.91 Å². The van der Waals surface area contributed by atoms with Crippen LogP contribution in [0.5, 0.6) is 0 Å². The number of carbonyl (C=O) groups excluding carboxylic acids is 1. The van der Waals surface area contributed by atoms with E-state index in [0.717, 1.165) is 10.2 Å². The third kappa shape index (κ3) is 4.57. The lowest BCUT2D eigenvalue weighted by Gasteiger charge is -2.05. The Kier molecular flexibility index (Phi) is 5.33. The molecule has 130 valence electrons. The average Bonchev–Trinajstić information content (AvgIpc) is 3.13. The highest BCUT2D eigenvalue weighted by atomic mass is 79.9. The molecule has 0 spiro atoms. The van der Waals surface area contributed by atoms with E-state index in [2.05, 4.69) is 56.6 Å². The number of anilines is 1. The van der Waals surface area contributed by atoms with E-state index >= 15 is 0 Å². The summed E-state index contributed by atoms with van der Waals surface area (Å²) in [6.45, 7) is 5.25. The van der Waals surface area contributed by atoms with Gasteiger partial charge in [-0.15, -0.1) is 0 Å². The van der Waals surface area contributed by atoms with Crippen molar-refractivity contribution in [1.82, 2.24) is 19.6 Å².